The molecule has 0 bridgehead atoms. The Labute approximate surface area is 118 Å². The van der Waals surface area contributed by atoms with Crippen LogP contribution in [-0.2, 0) is 4.74 Å². The summed E-state index contributed by atoms with van der Waals surface area (Å²) in [6, 6.07) is 11.8. The van der Waals surface area contributed by atoms with Gasteiger partial charge in [0.25, 0.3) is 0 Å². The van der Waals surface area contributed by atoms with E-state index in [1.54, 1.807) is 13.2 Å². The quantitative estimate of drug-likeness (QED) is 0.791. The number of hydrogen-bond acceptors (Lipinski definition) is 4. The van der Waals surface area contributed by atoms with Crippen molar-refractivity contribution in [2.45, 2.75) is 18.4 Å². The minimum Gasteiger partial charge on any atom is -0.497 e. The summed E-state index contributed by atoms with van der Waals surface area (Å²) in [5, 5.41) is 19.1. The van der Waals surface area contributed by atoms with Crippen LogP contribution < -0.4 is 4.74 Å². The highest BCUT2D eigenvalue weighted by Crippen LogP contribution is 2.45. The van der Waals surface area contributed by atoms with Crippen LogP contribution in [-0.4, -0.2) is 20.3 Å². The molecular formula is C16H16N2O2. The Bertz CT molecular complexity index is 564. The van der Waals surface area contributed by atoms with Gasteiger partial charge in [0, 0.05) is 13.0 Å². The largest absolute Gasteiger partial charge is 0.497 e. The lowest BCUT2D eigenvalue weighted by molar-refractivity contribution is 0.0617. The van der Waals surface area contributed by atoms with Gasteiger partial charge in [0.1, 0.15) is 11.9 Å². The van der Waals surface area contributed by atoms with Gasteiger partial charge in [-0.15, -0.1) is 0 Å². The summed E-state index contributed by atoms with van der Waals surface area (Å²) >= 11 is 0. The second kappa shape index (κ2) is 5.77. The van der Waals surface area contributed by atoms with Crippen LogP contribution in [0.4, 0.5) is 0 Å². The Kier molecular flexibility index (Phi) is 4.08. The number of hydrogen-bond donors (Lipinski definition) is 0. The van der Waals surface area contributed by atoms with Gasteiger partial charge in [-0.2, -0.15) is 10.5 Å². The van der Waals surface area contributed by atoms with E-state index in [0.717, 1.165) is 11.3 Å². The molecule has 1 aliphatic rings. The first-order chi connectivity index (χ1) is 9.71. The molecule has 1 aromatic carbocycles. The number of nitriles is 2. The molecule has 2 rings (SSSR count). The molecule has 0 unspecified atom stereocenters. The zero-order chi connectivity index (χ0) is 14.6. The Morgan fingerprint density at radius 3 is 2.30 bits per heavy atom. The van der Waals surface area contributed by atoms with Crippen LogP contribution in [0.1, 0.15) is 17.9 Å². The molecule has 0 saturated heterocycles. The van der Waals surface area contributed by atoms with E-state index in [0.29, 0.717) is 6.42 Å². The maximum absolute atomic E-state index is 9.56. The lowest BCUT2D eigenvalue weighted by atomic mass is 9.66. The van der Waals surface area contributed by atoms with Crippen LogP contribution in [0.15, 0.2) is 36.4 Å². The lowest BCUT2D eigenvalue weighted by Gasteiger charge is -2.36. The first-order valence-electron chi connectivity index (χ1n) is 6.37. The molecule has 0 saturated carbocycles. The predicted molar refractivity (Wildman–Crippen MR) is 73.9 cm³/mol. The monoisotopic (exact) mass is 268 g/mol. The molecule has 0 aliphatic heterocycles. The summed E-state index contributed by atoms with van der Waals surface area (Å²) in [6.45, 7) is 0. The number of benzene rings is 1. The number of methoxy groups -OCH3 is 2. The zero-order valence-electron chi connectivity index (χ0n) is 11.5. The summed E-state index contributed by atoms with van der Waals surface area (Å²) in [6.07, 6.45) is 3.90. The van der Waals surface area contributed by atoms with Gasteiger partial charge in [0.05, 0.1) is 19.2 Å². The van der Waals surface area contributed by atoms with Crippen LogP contribution >= 0.6 is 0 Å². The molecule has 4 heteroatoms. The molecule has 20 heavy (non-hydrogen) atoms. The van der Waals surface area contributed by atoms with Crippen molar-refractivity contribution >= 4 is 0 Å². The van der Waals surface area contributed by atoms with Crippen molar-refractivity contribution in [2.75, 3.05) is 14.2 Å². The molecule has 0 N–H and O–H groups in total. The fourth-order valence-electron chi connectivity index (χ4n) is 2.68. The van der Waals surface area contributed by atoms with Gasteiger partial charge >= 0.3 is 0 Å². The fourth-order valence-corrected chi connectivity index (χ4v) is 2.68. The van der Waals surface area contributed by atoms with Gasteiger partial charge in [0.15, 0.2) is 5.41 Å². The van der Waals surface area contributed by atoms with E-state index < -0.39 is 11.5 Å². The van der Waals surface area contributed by atoms with Gasteiger partial charge in [-0.25, -0.2) is 0 Å². The van der Waals surface area contributed by atoms with E-state index in [2.05, 4.69) is 12.1 Å². The maximum Gasteiger partial charge on any atom is 0.180 e. The molecule has 0 heterocycles. The summed E-state index contributed by atoms with van der Waals surface area (Å²) in [5.41, 5.74) is -0.252. The SMILES string of the molecule is COc1ccc([C@@H]2CC=C[C@@H](OC)C2(C#N)C#N)cc1. The van der Waals surface area contributed by atoms with Gasteiger partial charge < -0.3 is 9.47 Å². The molecule has 0 aromatic heterocycles. The second-order valence-corrected chi connectivity index (χ2v) is 4.74. The Balaban J connectivity index is 2.45. The zero-order valence-corrected chi connectivity index (χ0v) is 11.5. The average Bonchev–Trinajstić information content (AvgIpc) is 2.53. The van der Waals surface area contributed by atoms with Crippen molar-refractivity contribution in [3.05, 3.63) is 42.0 Å². The van der Waals surface area contributed by atoms with Crippen LogP contribution in [0.25, 0.3) is 0 Å². The van der Waals surface area contributed by atoms with Gasteiger partial charge in [-0.3, -0.25) is 0 Å². The Morgan fingerprint density at radius 1 is 1.15 bits per heavy atom. The number of rotatable bonds is 3. The standard InChI is InChI=1S/C16H16N2O2/c1-19-13-8-6-12(7-9-13)14-4-3-5-15(20-2)16(14,10-17)11-18/h3,5-9,14-15H,4H2,1-2H3/t14-,15+/m0/s1. The second-order valence-electron chi connectivity index (χ2n) is 4.74. The van der Waals surface area contributed by atoms with Gasteiger partial charge in [-0.1, -0.05) is 24.3 Å². The molecule has 0 radical (unpaired) electrons. The minimum absolute atomic E-state index is 0.210. The van der Waals surface area contributed by atoms with E-state index in [1.165, 1.54) is 7.11 Å². The van der Waals surface area contributed by atoms with Crippen molar-refractivity contribution in [3.8, 4) is 17.9 Å². The van der Waals surface area contributed by atoms with Gasteiger partial charge in [0.2, 0.25) is 0 Å². The van der Waals surface area contributed by atoms with Crippen molar-refractivity contribution in [1.29, 1.82) is 10.5 Å². The van der Waals surface area contributed by atoms with Crippen molar-refractivity contribution in [2.24, 2.45) is 5.41 Å². The molecule has 1 aliphatic carbocycles. The first-order valence-corrected chi connectivity index (χ1v) is 6.37. The molecule has 0 fully saturated rings. The number of nitrogens with zero attached hydrogens (tertiary/aromatic N) is 2. The number of allylic oxidation sites excluding steroid dienone is 1. The molecular weight excluding hydrogens is 252 g/mol. The summed E-state index contributed by atoms with van der Waals surface area (Å²) in [7, 11) is 3.13. The molecule has 102 valence electrons. The highest BCUT2D eigenvalue weighted by molar-refractivity contribution is 5.39. The van der Waals surface area contributed by atoms with Gasteiger partial charge in [-0.05, 0) is 24.1 Å². The topological polar surface area (TPSA) is 66.0 Å². The average molecular weight is 268 g/mol. The summed E-state index contributed by atoms with van der Waals surface area (Å²) < 4.78 is 10.5. The maximum atomic E-state index is 9.56. The van der Waals surface area contributed by atoms with Crippen LogP contribution in [0.3, 0.4) is 0 Å². The van der Waals surface area contributed by atoms with Crippen LogP contribution in [0.5, 0.6) is 5.75 Å². The van der Waals surface area contributed by atoms with Crippen LogP contribution in [0, 0.1) is 28.1 Å². The van der Waals surface area contributed by atoms with E-state index in [-0.39, 0.29) is 5.92 Å². The molecule has 1 aromatic rings. The van der Waals surface area contributed by atoms with E-state index in [4.69, 9.17) is 9.47 Å². The smallest absolute Gasteiger partial charge is 0.180 e. The third-order valence-corrected chi connectivity index (χ3v) is 3.82. The fraction of sp³-hybridized carbons (Fsp3) is 0.375. The van der Waals surface area contributed by atoms with Crippen molar-refractivity contribution in [1.82, 2.24) is 0 Å². The van der Waals surface area contributed by atoms with E-state index >= 15 is 0 Å². The first kappa shape index (κ1) is 14.1. The van der Waals surface area contributed by atoms with E-state index in [1.807, 2.05) is 30.3 Å². The lowest BCUT2D eigenvalue weighted by Crippen LogP contribution is -2.40. The van der Waals surface area contributed by atoms with Crippen LogP contribution in [0.2, 0.25) is 0 Å². The van der Waals surface area contributed by atoms with Crippen molar-refractivity contribution < 1.29 is 9.47 Å². The number of ether oxygens (including phenoxy) is 2. The Morgan fingerprint density at radius 2 is 1.80 bits per heavy atom. The van der Waals surface area contributed by atoms with E-state index in [9.17, 15) is 10.5 Å². The normalized spacial score (nSPS) is 23.6. The molecule has 2 atom stereocenters. The highest BCUT2D eigenvalue weighted by Gasteiger charge is 2.48. The van der Waals surface area contributed by atoms with Crippen molar-refractivity contribution in [3.63, 3.8) is 0 Å². The molecule has 4 nitrogen and oxygen atoms in total. The Hall–Kier alpha value is -2.30. The third-order valence-electron chi connectivity index (χ3n) is 3.82. The predicted octanol–water partition coefficient (Wildman–Crippen LogP) is 2.79. The summed E-state index contributed by atoms with van der Waals surface area (Å²) in [5.74, 6) is 0.543. The summed E-state index contributed by atoms with van der Waals surface area (Å²) in [4.78, 5) is 0. The third kappa shape index (κ3) is 2.15. The molecule has 0 spiro atoms. The highest BCUT2D eigenvalue weighted by atomic mass is 16.5. The molecule has 0 amide bonds. The minimum atomic E-state index is -1.20.